The third kappa shape index (κ3) is 1.45. The maximum Gasteiger partial charge on any atom is 0.257 e. The molecule has 3 nitrogen and oxygen atoms in total. The molecule has 0 aromatic carbocycles. The molecule has 0 atom stereocenters. The van der Waals surface area contributed by atoms with Crippen LogP contribution in [-0.4, -0.2) is 14.0 Å². The molecule has 0 saturated heterocycles. The first kappa shape index (κ1) is 6.04. The normalized spacial score (nSPS) is 23.8. The Kier molecular flexibility index (Phi) is 1.28. The largest absolute Gasteiger partial charge is 0.266 e. The molecule has 0 aromatic heterocycles. The van der Waals surface area contributed by atoms with Gasteiger partial charge in [-0.25, -0.2) is 8.42 Å². The molecular formula is C4H8O3S. The highest BCUT2D eigenvalue weighted by Gasteiger charge is 2.39. The topological polar surface area (TPSA) is 43.4 Å². The van der Waals surface area contributed by atoms with Crippen molar-refractivity contribution in [2.24, 2.45) is 0 Å². The van der Waals surface area contributed by atoms with Crippen LogP contribution in [0.4, 0.5) is 0 Å². The summed E-state index contributed by atoms with van der Waals surface area (Å²) in [6.07, 6.45) is 1.74. The van der Waals surface area contributed by atoms with E-state index in [4.69, 9.17) is 0 Å². The quantitative estimate of drug-likeness (QED) is 0.547. The highest BCUT2D eigenvalue weighted by Crippen LogP contribution is 2.38. The Labute approximate surface area is 49.8 Å². The Morgan fingerprint density at radius 1 is 1.50 bits per heavy atom. The molecular weight excluding hydrogens is 128 g/mol. The number of rotatable bonds is 2. The first-order valence-electron chi connectivity index (χ1n) is 2.46. The Hall–Kier alpha value is -0.0900. The van der Waals surface area contributed by atoms with Gasteiger partial charge in [0, 0.05) is 0 Å². The van der Waals surface area contributed by atoms with Crippen LogP contribution < -0.4 is 0 Å². The molecule has 1 saturated carbocycles. The van der Waals surface area contributed by atoms with E-state index in [1.807, 2.05) is 0 Å². The summed E-state index contributed by atoms with van der Waals surface area (Å²) < 4.78 is 24.2. The molecule has 1 rings (SSSR count). The van der Waals surface area contributed by atoms with Crippen molar-refractivity contribution in [2.75, 3.05) is 0 Å². The third-order valence-electron chi connectivity index (χ3n) is 1.25. The van der Waals surface area contributed by atoms with Gasteiger partial charge in [-0.1, -0.05) is 0 Å². The average molecular weight is 136 g/mol. The molecule has 1 aliphatic rings. The molecule has 0 heterocycles. The molecule has 0 unspecified atom stereocenters. The summed E-state index contributed by atoms with van der Waals surface area (Å²) in [5.41, 5.74) is -0.324. The summed E-state index contributed by atoms with van der Waals surface area (Å²) in [6.45, 7) is 1.79. The zero-order valence-electron chi connectivity index (χ0n) is 4.59. The fraction of sp³-hybridized carbons (Fsp3) is 1.00. The molecule has 0 aromatic rings. The summed E-state index contributed by atoms with van der Waals surface area (Å²) >= 11 is 0. The Bertz CT molecular complexity index is 149. The molecule has 0 radical (unpaired) electrons. The minimum Gasteiger partial charge on any atom is -0.266 e. The molecule has 0 bridgehead atoms. The summed E-state index contributed by atoms with van der Waals surface area (Å²) in [5.74, 6) is 0. The summed E-state index contributed by atoms with van der Waals surface area (Å²) in [6, 6.07) is 0. The molecule has 0 amide bonds. The van der Waals surface area contributed by atoms with E-state index in [-0.39, 0.29) is 5.60 Å². The van der Waals surface area contributed by atoms with E-state index in [9.17, 15) is 8.42 Å². The SMILES string of the molecule is CC1(O[SH](=O)=O)CC1. The highest BCUT2D eigenvalue weighted by molar-refractivity contribution is 7.67. The Balaban J connectivity index is 2.40. The predicted molar refractivity (Wildman–Crippen MR) is 29.0 cm³/mol. The highest BCUT2D eigenvalue weighted by atomic mass is 32.2. The van der Waals surface area contributed by atoms with E-state index in [0.717, 1.165) is 12.8 Å². The summed E-state index contributed by atoms with van der Waals surface area (Å²) in [7, 11) is -2.63. The lowest BCUT2D eigenvalue weighted by molar-refractivity contribution is 0.219. The van der Waals surface area contributed by atoms with Gasteiger partial charge in [-0.3, -0.25) is 4.18 Å². The lowest BCUT2D eigenvalue weighted by Gasteiger charge is -1.99. The second-order valence-corrected chi connectivity index (χ2v) is 2.89. The molecule has 1 aliphatic carbocycles. The minimum atomic E-state index is -2.63. The van der Waals surface area contributed by atoms with Gasteiger partial charge in [0.15, 0.2) is 0 Å². The maximum atomic E-state index is 9.87. The number of thiol groups is 1. The molecule has 4 heteroatoms. The molecule has 8 heavy (non-hydrogen) atoms. The van der Waals surface area contributed by atoms with Crippen molar-refractivity contribution in [3.05, 3.63) is 0 Å². The van der Waals surface area contributed by atoms with Gasteiger partial charge in [-0.2, -0.15) is 0 Å². The van der Waals surface area contributed by atoms with Crippen LogP contribution in [0.1, 0.15) is 19.8 Å². The Morgan fingerprint density at radius 3 is 2.12 bits per heavy atom. The van der Waals surface area contributed by atoms with Crippen LogP contribution >= 0.6 is 0 Å². The van der Waals surface area contributed by atoms with Crippen LogP contribution in [0.15, 0.2) is 0 Å². The van der Waals surface area contributed by atoms with Gasteiger partial charge in [0.1, 0.15) is 0 Å². The van der Waals surface area contributed by atoms with Crippen LogP contribution in [0, 0.1) is 0 Å². The van der Waals surface area contributed by atoms with Gasteiger partial charge in [-0.05, 0) is 19.8 Å². The lowest BCUT2D eigenvalue weighted by Crippen LogP contribution is -2.05. The van der Waals surface area contributed by atoms with Crippen LogP contribution in [0.3, 0.4) is 0 Å². The average Bonchev–Trinajstić information content (AvgIpc) is 2.17. The fourth-order valence-corrected chi connectivity index (χ4v) is 0.990. The third-order valence-corrected chi connectivity index (χ3v) is 1.84. The van der Waals surface area contributed by atoms with Gasteiger partial charge < -0.3 is 0 Å². The van der Waals surface area contributed by atoms with Gasteiger partial charge in [-0.15, -0.1) is 0 Å². The second-order valence-electron chi connectivity index (χ2n) is 2.26. The van der Waals surface area contributed by atoms with Crippen LogP contribution in [-0.2, 0) is 15.2 Å². The van der Waals surface area contributed by atoms with Crippen molar-refractivity contribution in [1.82, 2.24) is 0 Å². The van der Waals surface area contributed by atoms with Crippen molar-refractivity contribution < 1.29 is 12.6 Å². The van der Waals surface area contributed by atoms with E-state index in [0.29, 0.717) is 0 Å². The van der Waals surface area contributed by atoms with E-state index in [1.165, 1.54) is 0 Å². The van der Waals surface area contributed by atoms with E-state index in [1.54, 1.807) is 6.92 Å². The van der Waals surface area contributed by atoms with Gasteiger partial charge in [0.05, 0.1) is 5.60 Å². The fourth-order valence-electron chi connectivity index (χ4n) is 0.447. The molecule has 0 aliphatic heterocycles. The Morgan fingerprint density at radius 2 is 2.00 bits per heavy atom. The standard InChI is InChI=1S/C4H8O3S/c1-4(2-3-4)7-8(5)6/h8H,2-3H2,1H3. The van der Waals surface area contributed by atoms with Crippen molar-refractivity contribution in [3.63, 3.8) is 0 Å². The first-order valence-corrected chi connectivity index (χ1v) is 3.55. The smallest absolute Gasteiger partial charge is 0.257 e. The number of hydrogen-bond donors (Lipinski definition) is 1. The van der Waals surface area contributed by atoms with E-state index in [2.05, 4.69) is 4.18 Å². The minimum absolute atomic E-state index is 0.324. The van der Waals surface area contributed by atoms with Crippen LogP contribution in [0.5, 0.6) is 0 Å². The van der Waals surface area contributed by atoms with Crippen molar-refractivity contribution in [1.29, 1.82) is 0 Å². The monoisotopic (exact) mass is 136 g/mol. The predicted octanol–water partition coefficient (Wildman–Crippen LogP) is 0.0819. The number of hydrogen-bond acceptors (Lipinski definition) is 3. The van der Waals surface area contributed by atoms with E-state index >= 15 is 0 Å². The van der Waals surface area contributed by atoms with Gasteiger partial charge >= 0.3 is 0 Å². The second kappa shape index (κ2) is 1.70. The van der Waals surface area contributed by atoms with Crippen molar-refractivity contribution >= 4 is 11.0 Å². The lowest BCUT2D eigenvalue weighted by atomic mass is 10.4. The van der Waals surface area contributed by atoms with Crippen LogP contribution in [0.25, 0.3) is 0 Å². The zero-order chi connectivity index (χ0) is 6.20. The zero-order valence-corrected chi connectivity index (χ0v) is 5.48. The molecule has 0 N–H and O–H groups in total. The summed E-state index contributed by atoms with van der Waals surface area (Å²) in [4.78, 5) is 0. The van der Waals surface area contributed by atoms with Gasteiger partial charge in [0.2, 0.25) is 0 Å². The summed E-state index contributed by atoms with van der Waals surface area (Å²) in [5, 5.41) is 0. The van der Waals surface area contributed by atoms with E-state index < -0.39 is 11.0 Å². The van der Waals surface area contributed by atoms with Crippen LogP contribution in [0.2, 0.25) is 0 Å². The van der Waals surface area contributed by atoms with Crippen molar-refractivity contribution in [2.45, 2.75) is 25.4 Å². The molecule has 48 valence electrons. The first-order chi connectivity index (χ1) is 3.62. The van der Waals surface area contributed by atoms with Gasteiger partial charge in [0.25, 0.3) is 11.0 Å². The molecule has 0 spiro atoms. The van der Waals surface area contributed by atoms with Crippen molar-refractivity contribution in [3.8, 4) is 0 Å². The maximum absolute atomic E-state index is 9.87. The molecule has 1 fully saturated rings.